The maximum absolute atomic E-state index is 12.5. The quantitative estimate of drug-likeness (QED) is 0.725. The van der Waals surface area contributed by atoms with E-state index >= 15 is 0 Å². The summed E-state index contributed by atoms with van der Waals surface area (Å²) in [6.07, 6.45) is 0. The van der Waals surface area contributed by atoms with Crippen molar-refractivity contribution >= 4 is 17.4 Å². The summed E-state index contributed by atoms with van der Waals surface area (Å²) in [6.45, 7) is 5.85. The molecule has 0 N–H and O–H groups in total. The second-order valence-electron chi connectivity index (χ2n) is 4.61. The number of benzene rings is 2. The fraction of sp³-hybridized carbons (Fsp3) is 0.188. The summed E-state index contributed by atoms with van der Waals surface area (Å²) >= 11 is 5.91. The zero-order chi connectivity index (χ0) is 13.3. The number of rotatable bonds is 2. The number of halogens is 1. The molecule has 0 aromatic heterocycles. The van der Waals surface area contributed by atoms with Crippen LogP contribution >= 0.6 is 11.6 Å². The van der Waals surface area contributed by atoms with Crippen LogP contribution in [0.15, 0.2) is 36.4 Å². The molecule has 1 nitrogen and oxygen atoms in total. The van der Waals surface area contributed by atoms with Crippen molar-refractivity contribution in [2.24, 2.45) is 0 Å². The third kappa shape index (κ3) is 2.46. The van der Waals surface area contributed by atoms with Crippen LogP contribution in [0.5, 0.6) is 0 Å². The molecule has 18 heavy (non-hydrogen) atoms. The van der Waals surface area contributed by atoms with Gasteiger partial charge in [0.15, 0.2) is 5.78 Å². The molecule has 2 rings (SSSR count). The Hall–Kier alpha value is -1.60. The van der Waals surface area contributed by atoms with Crippen molar-refractivity contribution in [1.82, 2.24) is 0 Å². The van der Waals surface area contributed by atoms with Crippen molar-refractivity contribution in [3.63, 3.8) is 0 Å². The first-order valence-corrected chi connectivity index (χ1v) is 6.25. The summed E-state index contributed by atoms with van der Waals surface area (Å²) in [5.41, 5.74) is 4.48. The van der Waals surface area contributed by atoms with Crippen LogP contribution < -0.4 is 0 Å². The molecule has 0 unspecified atom stereocenters. The van der Waals surface area contributed by atoms with E-state index in [0.29, 0.717) is 10.6 Å². The Morgan fingerprint density at radius 2 is 1.61 bits per heavy atom. The number of hydrogen-bond acceptors (Lipinski definition) is 1. The molecule has 0 aliphatic heterocycles. The van der Waals surface area contributed by atoms with Crippen molar-refractivity contribution < 1.29 is 4.79 Å². The van der Waals surface area contributed by atoms with Gasteiger partial charge in [-0.2, -0.15) is 0 Å². The largest absolute Gasteiger partial charge is 0.289 e. The van der Waals surface area contributed by atoms with Gasteiger partial charge >= 0.3 is 0 Å². The first-order chi connectivity index (χ1) is 8.49. The Labute approximate surface area is 112 Å². The summed E-state index contributed by atoms with van der Waals surface area (Å²) in [5.74, 6) is 0.0605. The molecule has 0 aliphatic carbocycles. The van der Waals surface area contributed by atoms with E-state index < -0.39 is 0 Å². The lowest BCUT2D eigenvalue weighted by molar-refractivity contribution is 0.103. The van der Waals surface area contributed by atoms with Crippen molar-refractivity contribution in [3.05, 3.63) is 69.2 Å². The number of carbonyl (C=O) groups is 1. The predicted molar refractivity (Wildman–Crippen MR) is 75.5 cm³/mol. The molecule has 0 spiro atoms. The third-order valence-corrected chi connectivity index (χ3v) is 3.31. The first kappa shape index (κ1) is 12.8. The second kappa shape index (κ2) is 4.95. The molecule has 2 heteroatoms. The monoisotopic (exact) mass is 258 g/mol. The molecule has 0 bridgehead atoms. The Morgan fingerprint density at radius 3 is 2.28 bits per heavy atom. The smallest absolute Gasteiger partial charge is 0.193 e. The van der Waals surface area contributed by atoms with Gasteiger partial charge in [-0.25, -0.2) is 0 Å². The maximum atomic E-state index is 12.5. The first-order valence-electron chi connectivity index (χ1n) is 5.87. The number of ketones is 1. The number of hydrogen-bond donors (Lipinski definition) is 0. The summed E-state index contributed by atoms with van der Waals surface area (Å²) in [6, 6.07) is 11.3. The van der Waals surface area contributed by atoms with Crippen LogP contribution in [0, 0.1) is 20.8 Å². The zero-order valence-corrected chi connectivity index (χ0v) is 11.5. The average molecular weight is 259 g/mol. The van der Waals surface area contributed by atoms with E-state index in [1.165, 1.54) is 0 Å². The normalized spacial score (nSPS) is 10.4. The highest BCUT2D eigenvalue weighted by molar-refractivity contribution is 6.30. The minimum atomic E-state index is 0.0605. The van der Waals surface area contributed by atoms with Crippen molar-refractivity contribution in [2.75, 3.05) is 0 Å². The fourth-order valence-corrected chi connectivity index (χ4v) is 2.23. The Morgan fingerprint density at radius 1 is 0.889 bits per heavy atom. The van der Waals surface area contributed by atoms with Gasteiger partial charge in [0, 0.05) is 16.1 Å². The van der Waals surface area contributed by atoms with Gasteiger partial charge in [0.1, 0.15) is 0 Å². The molecular weight excluding hydrogens is 244 g/mol. The maximum Gasteiger partial charge on any atom is 0.193 e. The van der Waals surface area contributed by atoms with Crippen LogP contribution in [0.1, 0.15) is 32.6 Å². The standard InChI is InChI=1S/C16H15ClO/c1-10-4-5-11(2)15(8-10)16(18)14-7-6-13(17)9-12(14)3/h4-9H,1-3H3. The molecule has 2 aromatic rings. The van der Waals surface area contributed by atoms with Gasteiger partial charge in [-0.3, -0.25) is 4.79 Å². The Balaban J connectivity index is 2.51. The van der Waals surface area contributed by atoms with Crippen LogP contribution in [0.3, 0.4) is 0 Å². The minimum Gasteiger partial charge on any atom is -0.289 e. The lowest BCUT2D eigenvalue weighted by Crippen LogP contribution is -2.06. The molecule has 2 aromatic carbocycles. The summed E-state index contributed by atoms with van der Waals surface area (Å²) in [5, 5.41) is 0.657. The topological polar surface area (TPSA) is 17.1 Å². The van der Waals surface area contributed by atoms with E-state index in [9.17, 15) is 4.79 Å². The molecule has 0 saturated heterocycles. The predicted octanol–water partition coefficient (Wildman–Crippen LogP) is 4.50. The van der Waals surface area contributed by atoms with Gasteiger partial charge in [-0.15, -0.1) is 0 Å². The molecule has 0 saturated carbocycles. The molecule has 0 heterocycles. The van der Waals surface area contributed by atoms with Gasteiger partial charge in [-0.05, 0) is 56.2 Å². The summed E-state index contributed by atoms with van der Waals surface area (Å²) < 4.78 is 0. The van der Waals surface area contributed by atoms with Gasteiger partial charge < -0.3 is 0 Å². The van der Waals surface area contributed by atoms with E-state index in [-0.39, 0.29) is 5.78 Å². The average Bonchev–Trinajstić information content (AvgIpc) is 2.31. The van der Waals surface area contributed by atoms with Crippen molar-refractivity contribution in [2.45, 2.75) is 20.8 Å². The van der Waals surface area contributed by atoms with Gasteiger partial charge in [0.2, 0.25) is 0 Å². The lowest BCUT2D eigenvalue weighted by Gasteiger charge is -2.09. The van der Waals surface area contributed by atoms with E-state index in [2.05, 4.69) is 0 Å². The van der Waals surface area contributed by atoms with Crippen LogP contribution in [0.4, 0.5) is 0 Å². The molecule has 0 amide bonds. The molecule has 0 fully saturated rings. The third-order valence-electron chi connectivity index (χ3n) is 3.07. The zero-order valence-electron chi connectivity index (χ0n) is 10.8. The lowest BCUT2D eigenvalue weighted by atomic mass is 9.95. The SMILES string of the molecule is Cc1ccc(C)c(C(=O)c2ccc(Cl)cc2C)c1. The van der Waals surface area contributed by atoms with E-state index in [0.717, 1.165) is 22.3 Å². The Kier molecular flexibility index (Phi) is 3.53. The number of aryl methyl sites for hydroxylation is 3. The van der Waals surface area contributed by atoms with Gasteiger partial charge in [-0.1, -0.05) is 29.3 Å². The number of carbonyl (C=O) groups excluding carboxylic acids is 1. The second-order valence-corrected chi connectivity index (χ2v) is 5.04. The minimum absolute atomic E-state index is 0.0605. The molecule has 0 radical (unpaired) electrons. The van der Waals surface area contributed by atoms with Gasteiger partial charge in [0.05, 0.1) is 0 Å². The molecule has 0 aliphatic rings. The fourth-order valence-electron chi connectivity index (χ4n) is 2.01. The van der Waals surface area contributed by atoms with Crippen LogP contribution in [-0.4, -0.2) is 5.78 Å². The van der Waals surface area contributed by atoms with Crippen LogP contribution in [-0.2, 0) is 0 Å². The van der Waals surface area contributed by atoms with Crippen LogP contribution in [0.25, 0.3) is 0 Å². The summed E-state index contributed by atoms with van der Waals surface area (Å²) in [4.78, 5) is 12.5. The van der Waals surface area contributed by atoms with E-state index in [4.69, 9.17) is 11.6 Å². The van der Waals surface area contributed by atoms with Crippen LogP contribution in [0.2, 0.25) is 5.02 Å². The van der Waals surface area contributed by atoms with E-state index in [1.807, 2.05) is 45.0 Å². The summed E-state index contributed by atoms with van der Waals surface area (Å²) in [7, 11) is 0. The Bertz CT molecular complexity index is 614. The highest BCUT2D eigenvalue weighted by Gasteiger charge is 2.14. The molecule has 0 atom stereocenters. The highest BCUT2D eigenvalue weighted by Crippen LogP contribution is 2.21. The highest BCUT2D eigenvalue weighted by atomic mass is 35.5. The van der Waals surface area contributed by atoms with Crippen molar-refractivity contribution in [3.8, 4) is 0 Å². The van der Waals surface area contributed by atoms with Crippen molar-refractivity contribution in [1.29, 1.82) is 0 Å². The molecular formula is C16H15ClO. The molecule has 92 valence electrons. The van der Waals surface area contributed by atoms with E-state index in [1.54, 1.807) is 12.1 Å². The van der Waals surface area contributed by atoms with Gasteiger partial charge in [0.25, 0.3) is 0 Å².